The second-order valence-electron chi connectivity index (χ2n) is 3.38. The molecule has 0 saturated heterocycles. The third-order valence-electron chi connectivity index (χ3n) is 2.18. The Morgan fingerprint density at radius 2 is 1.78 bits per heavy atom. The standard InChI is InChI=1S/C11H8F3N3O/c1-18-9-4-7(2-3-15-9)10-16-5-8(6-17-10)11(12,13)14/h2-6H,1H3. The highest BCUT2D eigenvalue weighted by Gasteiger charge is 2.31. The van der Waals surface area contributed by atoms with Gasteiger partial charge in [-0.25, -0.2) is 15.0 Å². The summed E-state index contributed by atoms with van der Waals surface area (Å²) in [6, 6.07) is 3.13. The summed E-state index contributed by atoms with van der Waals surface area (Å²) in [4.78, 5) is 11.2. The summed E-state index contributed by atoms with van der Waals surface area (Å²) in [5, 5.41) is 0. The fourth-order valence-corrected chi connectivity index (χ4v) is 1.28. The molecule has 94 valence electrons. The minimum absolute atomic E-state index is 0.184. The summed E-state index contributed by atoms with van der Waals surface area (Å²) >= 11 is 0. The topological polar surface area (TPSA) is 47.9 Å². The smallest absolute Gasteiger partial charge is 0.419 e. The molecule has 2 rings (SSSR count). The summed E-state index contributed by atoms with van der Waals surface area (Å²) in [5.41, 5.74) is -0.345. The summed E-state index contributed by atoms with van der Waals surface area (Å²) in [5.74, 6) is 0.527. The molecule has 7 heteroatoms. The fourth-order valence-electron chi connectivity index (χ4n) is 1.28. The van der Waals surface area contributed by atoms with Crippen LogP contribution in [0.3, 0.4) is 0 Å². The maximum Gasteiger partial charge on any atom is 0.419 e. The first-order valence-electron chi connectivity index (χ1n) is 4.90. The van der Waals surface area contributed by atoms with E-state index < -0.39 is 11.7 Å². The van der Waals surface area contributed by atoms with Crippen LogP contribution in [0.15, 0.2) is 30.7 Å². The number of pyridine rings is 1. The van der Waals surface area contributed by atoms with E-state index in [0.29, 0.717) is 11.4 Å². The van der Waals surface area contributed by atoms with Crippen molar-refractivity contribution in [2.45, 2.75) is 6.18 Å². The van der Waals surface area contributed by atoms with Crippen LogP contribution in [-0.2, 0) is 6.18 Å². The molecule has 2 heterocycles. The lowest BCUT2D eigenvalue weighted by Gasteiger charge is -2.06. The maximum atomic E-state index is 12.3. The van der Waals surface area contributed by atoms with E-state index in [1.165, 1.54) is 13.3 Å². The van der Waals surface area contributed by atoms with Crippen LogP contribution in [0.1, 0.15) is 5.56 Å². The van der Waals surface area contributed by atoms with Crippen LogP contribution in [0.2, 0.25) is 0 Å². The van der Waals surface area contributed by atoms with Crippen LogP contribution in [0.4, 0.5) is 13.2 Å². The molecule has 18 heavy (non-hydrogen) atoms. The van der Waals surface area contributed by atoms with E-state index in [0.717, 1.165) is 12.4 Å². The third-order valence-corrected chi connectivity index (χ3v) is 2.18. The molecule has 0 saturated carbocycles. The van der Waals surface area contributed by atoms with E-state index in [2.05, 4.69) is 15.0 Å². The maximum absolute atomic E-state index is 12.3. The molecule has 0 aromatic carbocycles. The number of ether oxygens (including phenoxy) is 1. The van der Waals surface area contributed by atoms with Crippen molar-refractivity contribution in [1.82, 2.24) is 15.0 Å². The van der Waals surface area contributed by atoms with E-state index in [1.807, 2.05) is 0 Å². The SMILES string of the molecule is COc1cc(-c2ncc(C(F)(F)F)cn2)ccn1. The second kappa shape index (κ2) is 4.59. The number of alkyl halides is 3. The van der Waals surface area contributed by atoms with Gasteiger partial charge < -0.3 is 4.74 Å². The van der Waals surface area contributed by atoms with Crippen LogP contribution >= 0.6 is 0 Å². The van der Waals surface area contributed by atoms with Crippen molar-refractivity contribution in [3.63, 3.8) is 0 Å². The Balaban J connectivity index is 2.34. The van der Waals surface area contributed by atoms with Crippen LogP contribution in [0.5, 0.6) is 5.88 Å². The molecule has 0 radical (unpaired) electrons. The first kappa shape index (κ1) is 12.3. The van der Waals surface area contributed by atoms with Gasteiger partial charge in [-0.15, -0.1) is 0 Å². The second-order valence-corrected chi connectivity index (χ2v) is 3.38. The van der Waals surface area contributed by atoms with E-state index in [4.69, 9.17) is 4.74 Å². The lowest BCUT2D eigenvalue weighted by molar-refractivity contribution is -0.138. The Kier molecular flexibility index (Phi) is 3.14. The highest BCUT2D eigenvalue weighted by atomic mass is 19.4. The van der Waals surface area contributed by atoms with Crippen LogP contribution in [0.25, 0.3) is 11.4 Å². The Morgan fingerprint density at radius 3 is 2.33 bits per heavy atom. The third kappa shape index (κ3) is 2.55. The monoisotopic (exact) mass is 255 g/mol. The van der Waals surface area contributed by atoms with Crippen LogP contribution in [0, 0.1) is 0 Å². The quantitative estimate of drug-likeness (QED) is 0.827. The van der Waals surface area contributed by atoms with Gasteiger partial charge >= 0.3 is 6.18 Å². The zero-order chi connectivity index (χ0) is 13.2. The number of nitrogens with zero attached hydrogens (tertiary/aromatic N) is 3. The molecule has 0 aliphatic heterocycles. The highest BCUT2D eigenvalue weighted by molar-refractivity contribution is 5.55. The molecule has 0 bridgehead atoms. The van der Waals surface area contributed by atoms with Gasteiger partial charge in [-0.2, -0.15) is 13.2 Å². The summed E-state index contributed by atoms with van der Waals surface area (Å²) in [6.45, 7) is 0. The van der Waals surface area contributed by atoms with Gasteiger partial charge in [0.1, 0.15) is 0 Å². The molecule has 0 atom stereocenters. The van der Waals surface area contributed by atoms with Gasteiger partial charge in [0.25, 0.3) is 0 Å². The van der Waals surface area contributed by atoms with E-state index in [9.17, 15) is 13.2 Å². The Morgan fingerprint density at radius 1 is 1.11 bits per heavy atom. The minimum atomic E-state index is -4.44. The molecule has 0 amide bonds. The zero-order valence-electron chi connectivity index (χ0n) is 9.27. The van der Waals surface area contributed by atoms with Gasteiger partial charge in [0.2, 0.25) is 5.88 Å². The van der Waals surface area contributed by atoms with Gasteiger partial charge in [-0.1, -0.05) is 0 Å². The van der Waals surface area contributed by atoms with E-state index >= 15 is 0 Å². The minimum Gasteiger partial charge on any atom is -0.481 e. The van der Waals surface area contributed by atoms with Crippen molar-refractivity contribution in [3.8, 4) is 17.3 Å². The van der Waals surface area contributed by atoms with Gasteiger partial charge in [0.05, 0.1) is 12.7 Å². The molecule has 0 aliphatic carbocycles. The molecule has 2 aromatic rings. The molecule has 0 fully saturated rings. The number of hydrogen-bond donors (Lipinski definition) is 0. The molecule has 0 N–H and O–H groups in total. The Labute approximate surface area is 100 Å². The number of aromatic nitrogens is 3. The number of halogens is 3. The molecule has 0 aliphatic rings. The summed E-state index contributed by atoms with van der Waals surface area (Å²) < 4.78 is 41.9. The summed E-state index contributed by atoms with van der Waals surface area (Å²) in [6.07, 6.45) is -1.48. The lowest BCUT2D eigenvalue weighted by Crippen LogP contribution is -2.06. The van der Waals surface area contributed by atoms with Crippen molar-refractivity contribution in [3.05, 3.63) is 36.3 Å². The average molecular weight is 255 g/mol. The molecule has 0 unspecified atom stereocenters. The van der Waals surface area contributed by atoms with Gasteiger partial charge in [0, 0.05) is 30.2 Å². The number of hydrogen-bond acceptors (Lipinski definition) is 4. The Hall–Kier alpha value is -2.18. The number of methoxy groups -OCH3 is 1. The first-order valence-corrected chi connectivity index (χ1v) is 4.90. The van der Waals surface area contributed by atoms with Crippen molar-refractivity contribution >= 4 is 0 Å². The van der Waals surface area contributed by atoms with Crippen molar-refractivity contribution < 1.29 is 17.9 Å². The lowest BCUT2D eigenvalue weighted by atomic mass is 10.2. The molecule has 2 aromatic heterocycles. The largest absolute Gasteiger partial charge is 0.481 e. The van der Waals surface area contributed by atoms with Crippen molar-refractivity contribution in [2.75, 3.05) is 7.11 Å². The van der Waals surface area contributed by atoms with Crippen LogP contribution < -0.4 is 4.74 Å². The first-order chi connectivity index (χ1) is 8.50. The zero-order valence-corrected chi connectivity index (χ0v) is 9.27. The highest BCUT2D eigenvalue weighted by Crippen LogP contribution is 2.28. The van der Waals surface area contributed by atoms with Gasteiger partial charge in [-0.05, 0) is 6.07 Å². The van der Waals surface area contributed by atoms with Gasteiger partial charge in [-0.3, -0.25) is 0 Å². The predicted molar refractivity (Wildman–Crippen MR) is 56.8 cm³/mol. The predicted octanol–water partition coefficient (Wildman–Crippen LogP) is 2.57. The molecule has 4 nitrogen and oxygen atoms in total. The molecule has 0 spiro atoms. The summed E-state index contributed by atoms with van der Waals surface area (Å²) in [7, 11) is 1.44. The van der Waals surface area contributed by atoms with Crippen LogP contribution in [-0.4, -0.2) is 22.1 Å². The Bertz CT molecular complexity index is 540. The average Bonchev–Trinajstić information content (AvgIpc) is 2.38. The molecular formula is C11H8F3N3O. The van der Waals surface area contributed by atoms with Crippen molar-refractivity contribution in [2.24, 2.45) is 0 Å². The number of rotatable bonds is 2. The van der Waals surface area contributed by atoms with Gasteiger partial charge in [0.15, 0.2) is 5.82 Å². The van der Waals surface area contributed by atoms with Crippen molar-refractivity contribution in [1.29, 1.82) is 0 Å². The normalized spacial score (nSPS) is 11.3. The van der Waals surface area contributed by atoms with E-state index in [-0.39, 0.29) is 5.82 Å². The van der Waals surface area contributed by atoms with E-state index in [1.54, 1.807) is 12.1 Å². The fraction of sp³-hybridized carbons (Fsp3) is 0.182. The molecular weight excluding hydrogens is 247 g/mol.